The number of ether oxygens (including phenoxy) is 1. The van der Waals surface area contributed by atoms with Crippen LogP contribution in [0.2, 0.25) is 0 Å². The standard InChI is InChI=1S/C20H28N2O5/c1-15(2)22(13-10-19(24)25)20(26)16-8-11-21(12-9-16)18(23)14-27-17-6-4-3-5-7-17/h3-7,15-16H,8-14H2,1-2H3,(H,24,25). The van der Waals surface area contributed by atoms with Gasteiger partial charge in [0.2, 0.25) is 5.91 Å². The molecule has 27 heavy (non-hydrogen) atoms. The predicted molar refractivity (Wildman–Crippen MR) is 100 cm³/mol. The molecule has 1 saturated heterocycles. The molecule has 1 aromatic rings. The summed E-state index contributed by atoms with van der Waals surface area (Å²) < 4.78 is 5.50. The van der Waals surface area contributed by atoms with E-state index in [1.165, 1.54) is 0 Å². The van der Waals surface area contributed by atoms with Gasteiger partial charge in [-0.3, -0.25) is 14.4 Å². The van der Waals surface area contributed by atoms with Crippen molar-refractivity contribution < 1.29 is 24.2 Å². The van der Waals surface area contributed by atoms with E-state index in [-0.39, 0.29) is 43.3 Å². The van der Waals surface area contributed by atoms with Gasteiger partial charge >= 0.3 is 5.97 Å². The number of piperidine rings is 1. The van der Waals surface area contributed by atoms with Crippen molar-refractivity contribution in [3.63, 3.8) is 0 Å². The fourth-order valence-electron chi connectivity index (χ4n) is 3.20. The first kappa shape index (κ1) is 20.7. The van der Waals surface area contributed by atoms with Crippen molar-refractivity contribution in [1.29, 1.82) is 0 Å². The number of aliphatic carboxylic acids is 1. The lowest BCUT2D eigenvalue weighted by molar-refractivity contribution is -0.144. The van der Waals surface area contributed by atoms with Crippen LogP contribution in [0.25, 0.3) is 0 Å². The summed E-state index contributed by atoms with van der Waals surface area (Å²) in [5, 5.41) is 8.87. The average molecular weight is 376 g/mol. The van der Waals surface area contributed by atoms with Gasteiger partial charge in [0.25, 0.3) is 5.91 Å². The maximum Gasteiger partial charge on any atom is 0.305 e. The summed E-state index contributed by atoms with van der Waals surface area (Å²) in [4.78, 5) is 39.2. The quantitative estimate of drug-likeness (QED) is 0.750. The Morgan fingerprint density at radius 3 is 2.37 bits per heavy atom. The predicted octanol–water partition coefficient (Wildman–Crippen LogP) is 2.02. The minimum Gasteiger partial charge on any atom is -0.484 e. The number of carboxylic acids is 1. The summed E-state index contributed by atoms with van der Waals surface area (Å²) in [6.45, 7) is 5.00. The Kier molecular flexibility index (Phi) is 7.64. The van der Waals surface area contributed by atoms with E-state index in [0.29, 0.717) is 31.7 Å². The summed E-state index contributed by atoms with van der Waals surface area (Å²) in [7, 11) is 0. The van der Waals surface area contributed by atoms with Gasteiger partial charge < -0.3 is 19.6 Å². The second-order valence-electron chi connectivity index (χ2n) is 7.03. The highest BCUT2D eigenvalue weighted by Crippen LogP contribution is 2.21. The van der Waals surface area contributed by atoms with Crippen LogP contribution in [0.5, 0.6) is 5.75 Å². The van der Waals surface area contributed by atoms with Gasteiger partial charge in [0.05, 0.1) is 6.42 Å². The van der Waals surface area contributed by atoms with Crippen molar-refractivity contribution in [2.75, 3.05) is 26.2 Å². The summed E-state index contributed by atoms with van der Waals surface area (Å²) in [5.74, 6) is -0.523. The smallest absolute Gasteiger partial charge is 0.305 e. The molecule has 148 valence electrons. The number of nitrogens with zero attached hydrogens (tertiary/aromatic N) is 2. The number of carbonyl (C=O) groups is 3. The Hall–Kier alpha value is -2.57. The fraction of sp³-hybridized carbons (Fsp3) is 0.550. The van der Waals surface area contributed by atoms with Gasteiger partial charge in [-0.1, -0.05) is 18.2 Å². The molecule has 0 bridgehead atoms. The first-order valence-corrected chi connectivity index (χ1v) is 9.36. The van der Waals surface area contributed by atoms with Gasteiger partial charge in [-0.2, -0.15) is 0 Å². The number of benzene rings is 1. The van der Waals surface area contributed by atoms with Crippen LogP contribution < -0.4 is 4.74 Å². The number of hydrogen-bond donors (Lipinski definition) is 1. The molecule has 1 aliphatic rings. The van der Waals surface area contributed by atoms with Crippen LogP contribution in [0, 0.1) is 5.92 Å². The van der Waals surface area contributed by atoms with E-state index in [1.54, 1.807) is 21.9 Å². The number of carbonyl (C=O) groups excluding carboxylic acids is 2. The topological polar surface area (TPSA) is 87.2 Å². The molecule has 1 aromatic carbocycles. The Bertz CT molecular complexity index is 639. The zero-order valence-corrected chi connectivity index (χ0v) is 16.0. The summed E-state index contributed by atoms with van der Waals surface area (Å²) in [6, 6.07) is 9.14. The van der Waals surface area contributed by atoms with Gasteiger partial charge in [-0.15, -0.1) is 0 Å². The van der Waals surface area contributed by atoms with Crippen LogP contribution in [0.1, 0.15) is 33.1 Å². The normalized spacial score (nSPS) is 14.9. The molecular formula is C20H28N2O5. The second-order valence-corrected chi connectivity index (χ2v) is 7.03. The van der Waals surface area contributed by atoms with E-state index < -0.39 is 5.97 Å². The fourth-order valence-corrected chi connectivity index (χ4v) is 3.20. The van der Waals surface area contributed by atoms with E-state index in [1.807, 2.05) is 32.0 Å². The average Bonchev–Trinajstić information content (AvgIpc) is 2.66. The van der Waals surface area contributed by atoms with E-state index in [2.05, 4.69) is 0 Å². The van der Waals surface area contributed by atoms with Gasteiger partial charge in [0, 0.05) is 31.6 Å². The van der Waals surface area contributed by atoms with Crippen LogP contribution in [-0.4, -0.2) is 65.0 Å². The zero-order valence-electron chi connectivity index (χ0n) is 16.0. The SMILES string of the molecule is CC(C)N(CCC(=O)O)C(=O)C1CCN(C(=O)COc2ccccc2)CC1. The van der Waals surface area contributed by atoms with E-state index in [0.717, 1.165) is 0 Å². The van der Waals surface area contributed by atoms with Crippen LogP contribution in [0.4, 0.5) is 0 Å². The number of rotatable bonds is 8. The second kappa shape index (κ2) is 9.94. The van der Waals surface area contributed by atoms with Crippen molar-refractivity contribution in [3.05, 3.63) is 30.3 Å². The van der Waals surface area contributed by atoms with Crippen LogP contribution in [0.15, 0.2) is 30.3 Å². The van der Waals surface area contributed by atoms with Crippen molar-refractivity contribution in [3.8, 4) is 5.75 Å². The Balaban J connectivity index is 1.81. The number of carboxylic acid groups (broad SMARTS) is 1. The van der Waals surface area contributed by atoms with E-state index in [4.69, 9.17) is 9.84 Å². The van der Waals surface area contributed by atoms with Crippen molar-refractivity contribution in [2.24, 2.45) is 5.92 Å². The van der Waals surface area contributed by atoms with Crippen LogP contribution in [-0.2, 0) is 14.4 Å². The molecule has 7 heteroatoms. The largest absolute Gasteiger partial charge is 0.484 e. The highest BCUT2D eigenvalue weighted by Gasteiger charge is 2.31. The summed E-state index contributed by atoms with van der Waals surface area (Å²) in [6.07, 6.45) is 1.12. The van der Waals surface area contributed by atoms with E-state index >= 15 is 0 Å². The maximum absolute atomic E-state index is 12.7. The molecule has 0 spiro atoms. The lowest BCUT2D eigenvalue weighted by atomic mass is 9.94. The highest BCUT2D eigenvalue weighted by atomic mass is 16.5. The zero-order chi connectivity index (χ0) is 19.8. The third kappa shape index (κ3) is 6.27. The molecule has 1 N–H and O–H groups in total. The molecule has 0 atom stereocenters. The lowest BCUT2D eigenvalue weighted by Gasteiger charge is -2.35. The Labute approximate surface area is 159 Å². The molecular weight excluding hydrogens is 348 g/mol. The molecule has 2 amide bonds. The van der Waals surface area contributed by atoms with Crippen LogP contribution >= 0.6 is 0 Å². The van der Waals surface area contributed by atoms with E-state index in [9.17, 15) is 14.4 Å². The minimum absolute atomic E-state index is 0.0145. The molecule has 0 saturated carbocycles. The molecule has 0 unspecified atom stereocenters. The third-order valence-electron chi connectivity index (χ3n) is 4.78. The Morgan fingerprint density at radius 2 is 1.81 bits per heavy atom. The first-order chi connectivity index (χ1) is 12.9. The van der Waals surface area contributed by atoms with Crippen molar-refractivity contribution >= 4 is 17.8 Å². The summed E-state index contributed by atoms with van der Waals surface area (Å²) in [5.41, 5.74) is 0. The summed E-state index contributed by atoms with van der Waals surface area (Å²) >= 11 is 0. The molecule has 1 fully saturated rings. The monoisotopic (exact) mass is 376 g/mol. The van der Waals surface area contributed by atoms with Gasteiger partial charge in [-0.25, -0.2) is 0 Å². The van der Waals surface area contributed by atoms with Gasteiger partial charge in [0.15, 0.2) is 6.61 Å². The minimum atomic E-state index is -0.910. The molecule has 0 aromatic heterocycles. The molecule has 0 aliphatic carbocycles. The molecule has 1 aliphatic heterocycles. The first-order valence-electron chi connectivity index (χ1n) is 9.36. The lowest BCUT2D eigenvalue weighted by Crippen LogP contribution is -2.47. The highest BCUT2D eigenvalue weighted by molar-refractivity contribution is 5.81. The number of para-hydroxylation sites is 1. The molecule has 7 nitrogen and oxygen atoms in total. The van der Waals surface area contributed by atoms with Gasteiger partial charge in [0.1, 0.15) is 5.75 Å². The molecule has 0 radical (unpaired) electrons. The number of hydrogen-bond acceptors (Lipinski definition) is 4. The Morgan fingerprint density at radius 1 is 1.19 bits per heavy atom. The maximum atomic E-state index is 12.7. The molecule has 2 rings (SSSR count). The molecule has 1 heterocycles. The van der Waals surface area contributed by atoms with Gasteiger partial charge in [-0.05, 0) is 38.8 Å². The van der Waals surface area contributed by atoms with Crippen molar-refractivity contribution in [2.45, 2.75) is 39.2 Å². The number of likely N-dealkylation sites (tertiary alicyclic amines) is 1. The van der Waals surface area contributed by atoms with Crippen LogP contribution in [0.3, 0.4) is 0 Å². The third-order valence-corrected chi connectivity index (χ3v) is 4.78. The van der Waals surface area contributed by atoms with Crippen molar-refractivity contribution in [1.82, 2.24) is 9.80 Å². The number of amides is 2.